The summed E-state index contributed by atoms with van der Waals surface area (Å²) >= 11 is 12.4. The van der Waals surface area contributed by atoms with Crippen LogP contribution in [0.3, 0.4) is 0 Å². The van der Waals surface area contributed by atoms with Gasteiger partial charge in [0.05, 0.1) is 13.0 Å². The number of carbonyl (C=O) groups is 2. The highest BCUT2D eigenvalue weighted by molar-refractivity contribution is 6.36. The fourth-order valence-corrected chi connectivity index (χ4v) is 3.90. The van der Waals surface area contributed by atoms with Gasteiger partial charge in [0.15, 0.2) is 0 Å². The number of carbonyl (C=O) groups excluding carboxylic acids is 2. The van der Waals surface area contributed by atoms with Crippen molar-refractivity contribution in [1.29, 1.82) is 0 Å². The molecule has 1 amide bonds. The van der Waals surface area contributed by atoms with Crippen LogP contribution in [0.25, 0.3) is 0 Å². The van der Waals surface area contributed by atoms with Crippen molar-refractivity contribution >= 4 is 35.1 Å². The molecule has 0 aliphatic carbocycles. The molecule has 1 heterocycles. The lowest BCUT2D eigenvalue weighted by Crippen LogP contribution is -2.47. The number of amides is 1. The van der Waals surface area contributed by atoms with Gasteiger partial charge in [-0.3, -0.25) is 4.79 Å². The number of likely N-dealkylation sites (tertiary alicyclic amines) is 1. The molecule has 4 nitrogen and oxygen atoms in total. The molecule has 2 rings (SSSR count). The van der Waals surface area contributed by atoms with Crippen LogP contribution in [0.5, 0.6) is 0 Å². The Kier molecular flexibility index (Phi) is 6.16. The smallest absolute Gasteiger partial charge is 0.329 e. The van der Waals surface area contributed by atoms with Gasteiger partial charge in [-0.25, -0.2) is 4.79 Å². The minimum absolute atomic E-state index is 0.0321. The number of hydrogen-bond donors (Lipinski definition) is 0. The van der Waals surface area contributed by atoms with E-state index >= 15 is 0 Å². The number of benzene rings is 1. The third kappa shape index (κ3) is 3.55. The maximum atomic E-state index is 12.9. The highest BCUT2D eigenvalue weighted by Crippen LogP contribution is 2.36. The van der Waals surface area contributed by atoms with E-state index in [0.29, 0.717) is 22.2 Å². The Morgan fingerprint density at radius 1 is 1.12 bits per heavy atom. The van der Waals surface area contributed by atoms with Crippen molar-refractivity contribution in [2.45, 2.75) is 46.2 Å². The number of hydrogen-bond acceptors (Lipinski definition) is 3. The summed E-state index contributed by atoms with van der Waals surface area (Å²) in [5, 5.41) is 0.910. The lowest BCUT2D eigenvalue weighted by atomic mass is 9.91. The van der Waals surface area contributed by atoms with E-state index < -0.39 is 6.04 Å². The Morgan fingerprint density at radius 3 is 2.25 bits per heavy atom. The van der Waals surface area contributed by atoms with Gasteiger partial charge in [0.1, 0.15) is 6.04 Å². The Morgan fingerprint density at radius 2 is 1.71 bits per heavy atom. The summed E-state index contributed by atoms with van der Waals surface area (Å²) in [7, 11) is 0. The SMILES string of the molecule is CCOC(=O)C1C(C)C(C)C(C)N1C(=O)Cc1c(Cl)cccc1Cl. The van der Waals surface area contributed by atoms with Gasteiger partial charge in [0.2, 0.25) is 5.91 Å². The lowest BCUT2D eigenvalue weighted by molar-refractivity contribution is -0.155. The molecule has 0 bridgehead atoms. The highest BCUT2D eigenvalue weighted by Gasteiger charge is 2.48. The molecule has 0 radical (unpaired) electrons. The molecule has 1 aliphatic rings. The number of halogens is 2. The third-order valence-corrected chi connectivity index (χ3v) is 5.74. The molecule has 1 saturated heterocycles. The third-order valence-electron chi connectivity index (χ3n) is 5.03. The van der Waals surface area contributed by atoms with E-state index in [4.69, 9.17) is 27.9 Å². The average molecular weight is 372 g/mol. The molecule has 1 fully saturated rings. The second kappa shape index (κ2) is 7.75. The zero-order valence-electron chi connectivity index (χ0n) is 14.4. The fourth-order valence-electron chi connectivity index (χ4n) is 3.37. The fraction of sp³-hybridized carbons (Fsp3) is 0.556. The van der Waals surface area contributed by atoms with Gasteiger partial charge in [0, 0.05) is 16.1 Å². The molecule has 1 aromatic carbocycles. The van der Waals surface area contributed by atoms with Crippen molar-refractivity contribution in [3.63, 3.8) is 0 Å². The van der Waals surface area contributed by atoms with E-state index in [9.17, 15) is 9.59 Å². The van der Waals surface area contributed by atoms with Crippen molar-refractivity contribution in [2.75, 3.05) is 6.61 Å². The molecule has 24 heavy (non-hydrogen) atoms. The van der Waals surface area contributed by atoms with Crippen LogP contribution in [0.15, 0.2) is 18.2 Å². The van der Waals surface area contributed by atoms with Crippen LogP contribution in [0.2, 0.25) is 10.0 Å². The summed E-state index contributed by atoms with van der Waals surface area (Å²) in [5.74, 6) is -0.277. The summed E-state index contributed by atoms with van der Waals surface area (Å²) in [6, 6.07) is 4.53. The lowest BCUT2D eigenvalue weighted by Gasteiger charge is -2.28. The molecule has 132 valence electrons. The predicted octanol–water partition coefficient (Wildman–Crippen LogP) is 3.97. The van der Waals surface area contributed by atoms with Gasteiger partial charge in [-0.2, -0.15) is 0 Å². The van der Waals surface area contributed by atoms with E-state index in [1.165, 1.54) is 0 Å². The number of rotatable bonds is 4. The first-order valence-electron chi connectivity index (χ1n) is 8.20. The Bertz CT molecular complexity index is 614. The van der Waals surface area contributed by atoms with Crippen LogP contribution < -0.4 is 0 Å². The minimum Gasteiger partial charge on any atom is -0.464 e. The van der Waals surface area contributed by atoms with Crippen LogP contribution in [0.4, 0.5) is 0 Å². The van der Waals surface area contributed by atoms with Crippen LogP contribution in [0, 0.1) is 11.8 Å². The van der Waals surface area contributed by atoms with Gasteiger partial charge >= 0.3 is 5.97 Å². The van der Waals surface area contributed by atoms with E-state index in [1.54, 1.807) is 30.0 Å². The van der Waals surface area contributed by atoms with Crippen molar-refractivity contribution in [3.8, 4) is 0 Å². The second-order valence-electron chi connectivity index (χ2n) is 6.33. The first-order valence-corrected chi connectivity index (χ1v) is 8.95. The minimum atomic E-state index is -0.566. The molecule has 0 saturated carbocycles. The molecule has 1 aliphatic heterocycles. The first-order chi connectivity index (χ1) is 11.3. The Balaban J connectivity index is 2.29. The molecule has 1 aromatic rings. The molecule has 6 heteroatoms. The molecular weight excluding hydrogens is 349 g/mol. The van der Waals surface area contributed by atoms with Crippen LogP contribution in [-0.2, 0) is 20.7 Å². The van der Waals surface area contributed by atoms with Gasteiger partial charge < -0.3 is 9.64 Å². The monoisotopic (exact) mass is 371 g/mol. The topological polar surface area (TPSA) is 46.6 Å². The van der Waals surface area contributed by atoms with Crippen molar-refractivity contribution in [1.82, 2.24) is 4.90 Å². The van der Waals surface area contributed by atoms with Crippen LogP contribution >= 0.6 is 23.2 Å². The average Bonchev–Trinajstić information content (AvgIpc) is 2.75. The second-order valence-corrected chi connectivity index (χ2v) is 7.15. The first kappa shape index (κ1) is 19.1. The maximum absolute atomic E-state index is 12.9. The van der Waals surface area contributed by atoms with Gasteiger partial charge in [-0.05, 0) is 43.4 Å². The van der Waals surface area contributed by atoms with E-state index in [2.05, 4.69) is 6.92 Å². The van der Waals surface area contributed by atoms with Crippen molar-refractivity contribution < 1.29 is 14.3 Å². The number of esters is 1. The molecule has 0 N–H and O–H groups in total. The quantitative estimate of drug-likeness (QED) is 0.752. The largest absolute Gasteiger partial charge is 0.464 e. The van der Waals surface area contributed by atoms with E-state index in [1.807, 2.05) is 13.8 Å². The summed E-state index contributed by atoms with van der Waals surface area (Å²) in [6.07, 6.45) is 0.0677. The zero-order chi connectivity index (χ0) is 18.0. The van der Waals surface area contributed by atoms with E-state index in [0.717, 1.165) is 0 Å². The van der Waals surface area contributed by atoms with Crippen LogP contribution in [-0.4, -0.2) is 35.5 Å². The highest BCUT2D eigenvalue weighted by atomic mass is 35.5. The van der Waals surface area contributed by atoms with Gasteiger partial charge in [0.25, 0.3) is 0 Å². The summed E-state index contributed by atoms with van der Waals surface area (Å²) in [6.45, 7) is 8.06. The molecular formula is C18H23Cl2NO3. The predicted molar refractivity (Wildman–Crippen MR) is 95.2 cm³/mol. The normalized spacial score (nSPS) is 26.5. The zero-order valence-corrected chi connectivity index (χ0v) is 15.9. The van der Waals surface area contributed by atoms with Gasteiger partial charge in [-0.1, -0.05) is 43.1 Å². The van der Waals surface area contributed by atoms with Crippen LogP contribution in [0.1, 0.15) is 33.3 Å². The standard InChI is InChI=1S/C18H23Cl2NO3/c1-5-24-18(23)17-11(3)10(2)12(4)21(17)16(22)9-13-14(19)7-6-8-15(13)20/h6-8,10-12,17H,5,9H2,1-4H3. The van der Waals surface area contributed by atoms with Crippen molar-refractivity contribution in [2.24, 2.45) is 11.8 Å². The molecule has 0 aromatic heterocycles. The number of nitrogens with zero attached hydrogens (tertiary/aromatic N) is 1. The Labute approximate surface area is 153 Å². The molecule has 0 spiro atoms. The maximum Gasteiger partial charge on any atom is 0.329 e. The number of ether oxygens (including phenoxy) is 1. The summed E-state index contributed by atoms with van der Waals surface area (Å²) in [5.41, 5.74) is 0.591. The molecule has 4 unspecified atom stereocenters. The van der Waals surface area contributed by atoms with Crippen molar-refractivity contribution in [3.05, 3.63) is 33.8 Å². The molecule has 4 atom stereocenters. The summed E-state index contributed by atoms with van der Waals surface area (Å²) in [4.78, 5) is 27.0. The van der Waals surface area contributed by atoms with E-state index in [-0.39, 0.29) is 36.2 Å². The Hall–Kier alpha value is -1.26. The van der Waals surface area contributed by atoms with Gasteiger partial charge in [-0.15, -0.1) is 0 Å². The summed E-state index contributed by atoms with van der Waals surface area (Å²) < 4.78 is 5.19.